The van der Waals surface area contributed by atoms with Gasteiger partial charge in [0.25, 0.3) is 5.56 Å². The molecule has 28 heavy (non-hydrogen) atoms. The van der Waals surface area contributed by atoms with E-state index in [0.29, 0.717) is 26.9 Å². The van der Waals surface area contributed by atoms with E-state index in [9.17, 15) is 18.8 Å². The Morgan fingerprint density at radius 1 is 1.29 bits per heavy atom. The third kappa shape index (κ3) is 3.66. The first-order valence-electron chi connectivity index (χ1n) is 8.39. The van der Waals surface area contributed by atoms with Crippen molar-refractivity contribution in [3.05, 3.63) is 55.4 Å². The lowest BCUT2D eigenvalue weighted by atomic mass is 10.0. The number of halogens is 2. The number of hydrogen-bond acceptors (Lipinski definition) is 5. The first-order chi connectivity index (χ1) is 13.2. The number of aromatic amines is 1. The number of thiophene rings is 1. The van der Waals surface area contributed by atoms with Crippen molar-refractivity contribution in [2.75, 3.05) is 0 Å². The number of nitriles is 1. The van der Waals surface area contributed by atoms with E-state index in [1.54, 1.807) is 32.1 Å². The van der Waals surface area contributed by atoms with E-state index >= 15 is 0 Å². The van der Waals surface area contributed by atoms with Crippen LogP contribution in [0.25, 0.3) is 21.9 Å². The highest BCUT2D eigenvalue weighted by molar-refractivity contribution is 7.18. The zero-order valence-corrected chi connectivity index (χ0v) is 16.5. The average molecular weight is 401 g/mol. The summed E-state index contributed by atoms with van der Waals surface area (Å²) in [6.07, 6.45) is 1.56. The maximum absolute atomic E-state index is 12.5. The molecule has 5 nitrogen and oxygen atoms in total. The molecule has 0 radical (unpaired) electrons. The number of hydrogen-bond donors (Lipinski definition) is 1. The van der Waals surface area contributed by atoms with Gasteiger partial charge in [0, 0.05) is 4.88 Å². The number of nitrogens with one attached hydrogen (secondary N) is 1. The van der Waals surface area contributed by atoms with Crippen LogP contribution in [0.5, 0.6) is 5.75 Å². The average Bonchev–Trinajstić information content (AvgIpc) is 2.90. The van der Waals surface area contributed by atoms with Crippen LogP contribution in [-0.2, 0) is 0 Å². The Hall–Kier alpha value is -3.05. The summed E-state index contributed by atoms with van der Waals surface area (Å²) in [5.74, 6) is 0.285. The quantitative estimate of drug-likeness (QED) is 0.632. The van der Waals surface area contributed by atoms with E-state index in [1.807, 2.05) is 19.9 Å². The molecule has 0 unspecified atom stereocenters. The monoisotopic (exact) mass is 401 g/mol. The van der Waals surface area contributed by atoms with E-state index in [2.05, 4.69) is 14.7 Å². The number of aromatic nitrogens is 2. The van der Waals surface area contributed by atoms with Crippen LogP contribution in [0.1, 0.15) is 33.0 Å². The third-order valence-corrected chi connectivity index (χ3v) is 5.52. The van der Waals surface area contributed by atoms with E-state index in [0.717, 1.165) is 10.4 Å². The molecule has 0 aliphatic heterocycles. The molecule has 0 saturated heterocycles. The Morgan fingerprint density at radius 2 is 1.93 bits per heavy atom. The van der Waals surface area contributed by atoms with Crippen LogP contribution in [0.3, 0.4) is 0 Å². The van der Waals surface area contributed by atoms with Gasteiger partial charge in [-0.3, -0.25) is 4.79 Å². The summed E-state index contributed by atoms with van der Waals surface area (Å²) in [6, 6.07) is 5.32. The number of aryl methyl sites for hydroxylation is 4. The summed E-state index contributed by atoms with van der Waals surface area (Å²) in [5, 5.41) is 10.1. The molecule has 144 valence electrons. The minimum absolute atomic E-state index is 0.114. The van der Waals surface area contributed by atoms with Crippen molar-refractivity contribution in [1.82, 2.24) is 9.97 Å². The number of ether oxygens (including phenoxy) is 1. The van der Waals surface area contributed by atoms with Gasteiger partial charge in [-0.2, -0.15) is 14.0 Å². The van der Waals surface area contributed by atoms with Crippen LogP contribution in [0.2, 0.25) is 0 Å². The fraction of sp³-hybridized carbons (Fsp3) is 0.250. The summed E-state index contributed by atoms with van der Waals surface area (Å²) < 4.78 is 29.6. The van der Waals surface area contributed by atoms with Crippen molar-refractivity contribution in [3.8, 4) is 11.8 Å². The molecule has 0 aliphatic rings. The van der Waals surface area contributed by atoms with Crippen LogP contribution in [0.15, 0.2) is 16.9 Å². The molecule has 1 N–H and O–H groups in total. The molecule has 8 heteroatoms. The second-order valence-corrected chi connectivity index (χ2v) is 7.61. The van der Waals surface area contributed by atoms with Gasteiger partial charge in [-0.05, 0) is 68.2 Å². The van der Waals surface area contributed by atoms with Gasteiger partial charge in [-0.1, -0.05) is 0 Å². The van der Waals surface area contributed by atoms with Gasteiger partial charge in [-0.15, -0.1) is 11.3 Å². The van der Waals surface area contributed by atoms with Gasteiger partial charge in [0.2, 0.25) is 0 Å². The first kappa shape index (κ1) is 19.7. The molecule has 0 fully saturated rings. The lowest BCUT2D eigenvalue weighted by molar-refractivity contribution is -0.0507. The topological polar surface area (TPSA) is 78.8 Å². The molecule has 2 aromatic heterocycles. The number of rotatable bonds is 4. The number of alkyl halides is 2. The van der Waals surface area contributed by atoms with E-state index in [4.69, 9.17) is 0 Å². The van der Waals surface area contributed by atoms with Crippen molar-refractivity contribution >= 4 is 33.2 Å². The number of allylic oxidation sites excluding steroid dienone is 1. The van der Waals surface area contributed by atoms with Gasteiger partial charge >= 0.3 is 6.61 Å². The summed E-state index contributed by atoms with van der Waals surface area (Å²) >= 11 is 1.40. The van der Waals surface area contributed by atoms with Crippen LogP contribution in [0.4, 0.5) is 8.78 Å². The molecule has 0 amide bonds. The number of benzene rings is 1. The fourth-order valence-electron chi connectivity index (χ4n) is 3.04. The standard InChI is InChI=1S/C20H17F2N3O2S/c1-9-5-13(6-10(2)16(9)27-20(21)22)7-14(8-23)17-24-18(26)15-11(3)12(4)28-19(15)25-17/h5-7,20H,1-4H3,(H,24,25,26)/b14-7+. The molecule has 1 aromatic carbocycles. The second kappa shape index (κ2) is 7.52. The number of H-pyrrole nitrogens is 1. The lowest BCUT2D eigenvalue weighted by Gasteiger charge is -2.12. The van der Waals surface area contributed by atoms with Gasteiger partial charge in [-0.25, -0.2) is 4.98 Å². The van der Waals surface area contributed by atoms with Gasteiger partial charge in [0.15, 0.2) is 5.82 Å². The predicted octanol–water partition coefficient (Wildman–Crippen LogP) is 4.88. The third-order valence-electron chi connectivity index (χ3n) is 4.42. The van der Waals surface area contributed by atoms with Crippen molar-refractivity contribution in [1.29, 1.82) is 5.26 Å². The minimum Gasteiger partial charge on any atom is -0.434 e. The first-order valence-corrected chi connectivity index (χ1v) is 9.21. The van der Waals surface area contributed by atoms with Gasteiger partial charge in [0.1, 0.15) is 16.6 Å². The molecule has 0 spiro atoms. The Morgan fingerprint density at radius 3 is 2.50 bits per heavy atom. The summed E-state index contributed by atoms with van der Waals surface area (Å²) in [7, 11) is 0. The number of nitrogens with zero attached hydrogens (tertiary/aromatic N) is 2. The molecule has 3 rings (SSSR count). The molecular weight excluding hydrogens is 384 g/mol. The number of fused-ring (bicyclic) bond motifs is 1. The Kier molecular flexibility index (Phi) is 5.29. The predicted molar refractivity (Wildman–Crippen MR) is 106 cm³/mol. The van der Waals surface area contributed by atoms with Crippen molar-refractivity contribution in [3.63, 3.8) is 0 Å². The maximum Gasteiger partial charge on any atom is 0.387 e. The molecule has 2 heterocycles. The van der Waals surface area contributed by atoms with E-state index in [1.165, 1.54) is 11.3 Å². The Bertz CT molecular complexity index is 1180. The van der Waals surface area contributed by atoms with Crippen LogP contribution in [0, 0.1) is 39.0 Å². The summed E-state index contributed by atoms with van der Waals surface area (Å²) in [6.45, 7) is 4.17. The normalized spacial score (nSPS) is 11.9. The molecule has 0 atom stereocenters. The maximum atomic E-state index is 12.5. The highest BCUT2D eigenvalue weighted by Gasteiger charge is 2.15. The SMILES string of the molecule is Cc1cc(/C=C(\C#N)c2nc3sc(C)c(C)c3c(=O)[nH]2)cc(C)c1OC(F)F. The van der Waals surface area contributed by atoms with Crippen molar-refractivity contribution in [2.45, 2.75) is 34.3 Å². The second-order valence-electron chi connectivity index (χ2n) is 6.41. The molecule has 3 aromatic rings. The Labute approximate surface area is 163 Å². The largest absolute Gasteiger partial charge is 0.434 e. The van der Waals surface area contributed by atoms with Gasteiger partial charge in [0.05, 0.1) is 11.0 Å². The summed E-state index contributed by atoms with van der Waals surface area (Å²) in [5.41, 5.74) is 2.41. The zero-order valence-electron chi connectivity index (χ0n) is 15.7. The lowest BCUT2D eigenvalue weighted by Crippen LogP contribution is -2.10. The highest BCUT2D eigenvalue weighted by Crippen LogP contribution is 2.29. The molecule has 0 bridgehead atoms. The van der Waals surface area contributed by atoms with E-state index in [-0.39, 0.29) is 22.7 Å². The van der Waals surface area contributed by atoms with Crippen LogP contribution >= 0.6 is 11.3 Å². The van der Waals surface area contributed by atoms with Crippen molar-refractivity contribution < 1.29 is 13.5 Å². The zero-order chi connectivity index (χ0) is 20.6. The smallest absolute Gasteiger partial charge is 0.387 e. The van der Waals surface area contributed by atoms with E-state index < -0.39 is 6.61 Å². The highest BCUT2D eigenvalue weighted by atomic mass is 32.1. The molecule has 0 saturated carbocycles. The Balaban J connectivity index is 2.09. The van der Waals surface area contributed by atoms with Crippen LogP contribution in [-0.4, -0.2) is 16.6 Å². The molecular formula is C20H17F2N3O2S. The van der Waals surface area contributed by atoms with Gasteiger partial charge < -0.3 is 9.72 Å². The van der Waals surface area contributed by atoms with Crippen LogP contribution < -0.4 is 10.3 Å². The fourth-order valence-corrected chi connectivity index (χ4v) is 4.07. The summed E-state index contributed by atoms with van der Waals surface area (Å²) in [4.78, 5) is 21.1. The minimum atomic E-state index is -2.91. The molecule has 0 aliphatic carbocycles. The van der Waals surface area contributed by atoms with Crippen molar-refractivity contribution in [2.24, 2.45) is 0 Å².